The van der Waals surface area contributed by atoms with Crippen LogP contribution >= 0.6 is 7.60 Å². The molecule has 1 aromatic rings. The third-order valence-corrected chi connectivity index (χ3v) is 4.01. The molecule has 1 aliphatic rings. The molecule has 2 N–H and O–H groups in total. The molecular formula is C13H17N2O6P. The lowest BCUT2D eigenvalue weighted by molar-refractivity contribution is -0.208. The van der Waals surface area contributed by atoms with Gasteiger partial charge in [-0.25, -0.2) is 9.68 Å². The summed E-state index contributed by atoms with van der Waals surface area (Å²) in [6, 6.07) is 6.40. The van der Waals surface area contributed by atoms with Gasteiger partial charge in [0.05, 0.1) is 12.8 Å². The van der Waals surface area contributed by atoms with Crippen LogP contribution in [0.4, 0.5) is 4.79 Å². The molecule has 0 saturated carbocycles. The Morgan fingerprint density at radius 2 is 2.09 bits per heavy atom. The van der Waals surface area contributed by atoms with Crippen molar-refractivity contribution in [3.8, 4) is 0 Å². The number of benzene rings is 1. The highest BCUT2D eigenvalue weighted by Gasteiger charge is 2.27. The molecule has 0 aliphatic carbocycles. The first kappa shape index (κ1) is 16.6. The van der Waals surface area contributed by atoms with Crippen LogP contribution in [0.25, 0.3) is 0 Å². The average Bonchev–Trinajstić information content (AvgIpc) is 2.74. The van der Waals surface area contributed by atoms with Gasteiger partial charge in [-0.15, -0.1) is 4.67 Å². The zero-order chi connectivity index (χ0) is 16.2. The van der Waals surface area contributed by atoms with Gasteiger partial charge in [0.15, 0.2) is 0 Å². The van der Waals surface area contributed by atoms with Crippen molar-refractivity contribution < 1.29 is 28.6 Å². The Morgan fingerprint density at radius 3 is 2.73 bits per heavy atom. The predicted molar refractivity (Wildman–Crippen MR) is 76.6 cm³/mol. The summed E-state index contributed by atoms with van der Waals surface area (Å²) in [5.41, 5.74) is 1.33. The van der Waals surface area contributed by atoms with Crippen LogP contribution in [-0.4, -0.2) is 34.9 Å². The highest BCUT2D eigenvalue weighted by atomic mass is 31.2. The van der Waals surface area contributed by atoms with E-state index in [1.807, 2.05) is 0 Å². The number of nitrogens with one attached hydrogen (secondary N) is 1. The van der Waals surface area contributed by atoms with E-state index in [4.69, 9.17) is 0 Å². The molecule has 0 spiro atoms. The van der Waals surface area contributed by atoms with Crippen molar-refractivity contribution in [3.05, 3.63) is 35.4 Å². The van der Waals surface area contributed by atoms with Crippen molar-refractivity contribution in [1.29, 1.82) is 0 Å². The van der Waals surface area contributed by atoms with Crippen molar-refractivity contribution in [2.75, 3.05) is 13.2 Å². The Hall–Kier alpha value is -1.73. The fraction of sp³-hybridized carbons (Fsp3) is 0.385. The fourth-order valence-electron chi connectivity index (χ4n) is 2.05. The first-order valence-corrected chi connectivity index (χ1v) is 8.45. The number of rotatable bonds is 7. The molecule has 1 atom stereocenters. The van der Waals surface area contributed by atoms with Crippen LogP contribution in [0, 0.1) is 0 Å². The number of carbonyl (C=O) groups excluding carboxylic acids is 2. The van der Waals surface area contributed by atoms with Crippen LogP contribution in [0.5, 0.6) is 0 Å². The number of carbonyl (C=O) groups is 2. The molecule has 120 valence electrons. The van der Waals surface area contributed by atoms with E-state index in [0.717, 1.165) is 5.56 Å². The summed E-state index contributed by atoms with van der Waals surface area (Å²) in [4.78, 5) is 38.1. The van der Waals surface area contributed by atoms with Crippen molar-refractivity contribution in [2.45, 2.75) is 19.6 Å². The van der Waals surface area contributed by atoms with Gasteiger partial charge in [0.1, 0.15) is 6.54 Å². The quantitative estimate of drug-likeness (QED) is 0.339. The van der Waals surface area contributed by atoms with Crippen LogP contribution in [0.3, 0.4) is 0 Å². The SMILES string of the molecule is CCOOP(=O)(O)Cc1cccc(CN2CC(=O)NC2=O)c1. The van der Waals surface area contributed by atoms with Crippen molar-refractivity contribution in [1.82, 2.24) is 10.2 Å². The number of hydrogen-bond donors (Lipinski definition) is 2. The molecule has 0 radical (unpaired) electrons. The van der Waals surface area contributed by atoms with Gasteiger partial charge >= 0.3 is 13.6 Å². The number of nitrogens with zero attached hydrogens (tertiary/aromatic N) is 1. The highest BCUT2D eigenvalue weighted by Crippen LogP contribution is 2.45. The maximum absolute atomic E-state index is 11.8. The first-order chi connectivity index (χ1) is 10.4. The van der Waals surface area contributed by atoms with Gasteiger partial charge in [-0.1, -0.05) is 24.3 Å². The monoisotopic (exact) mass is 328 g/mol. The minimum atomic E-state index is -3.88. The maximum Gasteiger partial charge on any atom is 0.359 e. The largest absolute Gasteiger partial charge is 0.359 e. The summed E-state index contributed by atoms with van der Waals surface area (Å²) in [5, 5.41) is 2.19. The minimum Gasteiger partial charge on any atom is -0.323 e. The van der Waals surface area contributed by atoms with Gasteiger partial charge < -0.3 is 9.79 Å². The normalized spacial score (nSPS) is 17.5. The second-order valence-electron chi connectivity index (χ2n) is 4.81. The molecular weight excluding hydrogens is 311 g/mol. The van der Waals surface area contributed by atoms with E-state index in [1.54, 1.807) is 31.2 Å². The predicted octanol–water partition coefficient (Wildman–Crippen LogP) is 1.39. The average molecular weight is 328 g/mol. The van der Waals surface area contributed by atoms with Crippen LogP contribution in [0.2, 0.25) is 0 Å². The molecule has 1 fully saturated rings. The summed E-state index contributed by atoms with van der Waals surface area (Å²) in [7, 11) is -3.88. The molecule has 1 saturated heterocycles. The highest BCUT2D eigenvalue weighted by molar-refractivity contribution is 7.51. The first-order valence-electron chi connectivity index (χ1n) is 6.69. The van der Waals surface area contributed by atoms with Gasteiger partial charge in [-0.2, -0.15) is 0 Å². The zero-order valence-corrected chi connectivity index (χ0v) is 12.9. The van der Waals surface area contributed by atoms with Crippen LogP contribution in [-0.2, 0) is 31.6 Å². The molecule has 1 aromatic carbocycles. The summed E-state index contributed by atoms with van der Waals surface area (Å²) < 4.78 is 16.3. The number of hydrogen-bond acceptors (Lipinski definition) is 5. The van der Waals surface area contributed by atoms with Crippen molar-refractivity contribution >= 4 is 19.5 Å². The molecule has 9 heteroatoms. The van der Waals surface area contributed by atoms with Crippen LogP contribution in [0.1, 0.15) is 18.1 Å². The summed E-state index contributed by atoms with van der Waals surface area (Å²) in [6.45, 7) is 2.06. The Balaban J connectivity index is 2.02. The molecule has 1 unspecified atom stereocenters. The molecule has 1 heterocycles. The zero-order valence-electron chi connectivity index (χ0n) is 12.0. The Bertz CT molecular complexity index is 620. The van der Waals surface area contributed by atoms with Gasteiger partial charge in [-0.3, -0.25) is 14.7 Å². The third-order valence-electron chi connectivity index (χ3n) is 2.90. The molecule has 0 bridgehead atoms. The van der Waals surface area contributed by atoms with E-state index in [2.05, 4.69) is 14.9 Å². The molecule has 22 heavy (non-hydrogen) atoms. The lowest BCUT2D eigenvalue weighted by Gasteiger charge is -2.14. The van der Waals surface area contributed by atoms with E-state index < -0.39 is 13.6 Å². The van der Waals surface area contributed by atoms with E-state index in [9.17, 15) is 19.0 Å². The van der Waals surface area contributed by atoms with Gasteiger partial charge in [0.2, 0.25) is 5.91 Å². The molecule has 2 rings (SSSR count). The topological polar surface area (TPSA) is 105 Å². The second-order valence-corrected chi connectivity index (χ2v) is 6.55. The Kier molecular flexibility index (Phi) is 5.31. The fourth-order valence-corrected chi connectivity index (χ4v) is 3.03. The molecule has 0 aromatic heterocycles. The smallest absolute Gasteiger partial charge is 0.323 e. The van der Waals surface area contributed by atoms with E-state index in [1.165, 1.54) is 4.90 Å². The molecule has 3 amide bonds. The number of imide groups is 1. The Labute approximate surface area is 127 Å². The number of urea groups is 1. The van der Waals surface area contributed by atoms with Crippen LogP contribution < -0.4 is 5.32 Å². The summed E-state index contributed by atoms with van der Waals surface area (Å²) >= 11 is 0. The van der Waals surface area contributed by atoms with Gasteiger partial charge in [0, 0.05) is 6.54 Å². The van der Waals surface area contributed by atoms with Crippen molar-refractivity contribution in [3.63, 3.8) is 0 Å². The van der Waals surface area contributed by atoms with Crippen LogP contribution in [0.15, 0.2) is 24.3 Å². The Morgan fingerprint density at radius 1 is 1.36 bits per heavy atom. The van der Waals surface area contributed by atoms with E-state index in [-0.39, 0.29) is 31.8 Å². The third kappa shape index (κ3) is 4.64. The van der Waals surface area contributed by atoms with Crippen molar-refractivity contribution in [2.24, 2.45) is 0 Å². The van der Waals surface area contributed by atoms with E-state index >= 15 is 0 Å². The maximum atomic E-state index is 11.8. The second kappa shape index (κ2) is 7.02. The van der Waals surface area contributed by atoms with E-state index in [0.29, 0.717) is 5.56 Å². The number of amides is 3. The minimum absolute atomic E-state index is 0.00893. The molecule has 8 nitrogen and oxygen atoms in total. The standard InChI is InChI=1S/C13H17N2O6P/c1-2-20-21-22(18,19)9-11-5-3-4-10(6-11)7-15-8-12(16)14-13(15)17/h3-6H,2,7-9H2,1H3,(H,18,19)(H,14,16,17). The summed E-state index contributed by atoms with van der Waals surface area (Å²) in [5.74, 6) is -0.342. The van der Waals surface area contributed by atoms with Gasteiger partial charge in [-0.05, 0) is 18.1 Å². The lowest BCUT2D eigenvalue weighted by atomic mass is 10.1. The lowest BCUT2D eigenvalue weighted by Crippen LogP contribution is -2.27. The summed E-state index contributed by atoms with van der Waals surface area (Å²) in [6.07, 6.45) is -0.202. The van der Waals surface area contributed by atoms with Gasteiger partial charge in [0.25, 0.3) is 0 Å². The molecule has 1 aliphatic heterocycles.